The maximum absolute atomic E-state index is 12.4. The summed E-state index contributed by atoms with van der Waals surface area (Å²) < 4.78 is 10.7. The van der Waals surface area contributed by atoms with E-state index in [0.29, 0.717) is 16.9 Å². The summed E-state index contributed by atoms with van der Waals surface area (Å²) >= 11 is 0. The Morgan fingerprint density at radius 1 is 1.00 bits per heavy atom. The Morgan fingerprint density at radius 3 is 2.27 bits per heavy atom. The quantitative estimate of drug-likeness (QED) is 0.453. The molecule has 0 spiro atoms. The molecule has 26 heavy (non-hydrogen) atoms. The highest BCUT2D eigenvalue weighted by molar-refractivity contribution is 6.22. The molecule has 0 N–H and O–H groups in total. The molecule has 2 aromatic carbocycles. The highest BCUT2D eigenvalue weighted by Crippen LogP contribution is 2.24. The second-order valence-corrected chi connectivity index (χ2v) is 6.03. The van der Waals surface area contributed by atoms with Crippen LogP contribution in [0.4, 0.5) is 0 Å². The van der Waals surface area contributed by atoms with E-state index in [0.717, 1.165) is 10.5 Å². The lowest BCUT2D eigenvalue weighted by Gasteiger charge is -2.20. The number of benzene rings is 2. The molecule has 0 bridgehead atoms. The third-order valence-corrected chi connectivity index (χ3v) is 4.14. The van der Waals surface area contributed by atoms with Crippen molar-refractivity contribution in [3.05, 3.63) is 65.2 Å². The molecule has 0 aliphatic carbocycles. The van der Waals surface area contributed by atoms with Crippen molar-refractivity contribution in [2.45, 2.75) is 19.9 Å². The van der Waals surface area contributed by atoms with E-state index >= 15 is 0 Å². The molecule has 0 radical (unpaired) electrons. The molecule has 2 amide bonds. The van der Waals surface area contributed by atoms with Gasteiger partial charge in [-0.05, 0) is 43.7 Å². The van der Waals surface area contributed by atoms with Gasteiger partial charge in [0, 0.05) is 0 Å². The molecule has 0 fully saturated rings. The molecule has 6 heteroatoms. The SMILES string of the molecule is Cc1cccc(OCCOC(=O)C(C)N2C(=O)c3ccccc3C2=O)c1. The normalized spacial score (nSPS) is 14.2. The number of ether oxygens (including phenoxy) is 2. The molecule has 0 saturated heterocycles. The van der Waals surface area contributed by atoms with Gasteiger partial charge in [0.25, 0.3) is 11.8 Å². The second-order valence-electron chi connectivity index (χ2n) is 6.03. The standard InChI is InChI=1S/C20H19NO5/c1-13-6-5-7-15(12-13)25-10-11-26-20(24)14(2)21-18(22)16-8-3-4-9-17(16)19(21)23/h3-9,12,14H,10-11H2,1-2H3. The van der Waals surface area contributed by atoms with Crippen molar-refractivity contribution in [2.24, 2.45) is 0 Å². The first-order valence-corrected chi connectivity index (χ1v) is 8.32. The van der Waals surface area contributed by atoms with Gasteiger partial charge in [0.15, 0.2) is 0 Å². The number of hydrogen-bond acceptors (Lipinski definition) is 5. The third-order valence-electron chi connectivity index (χ3n) is 4.14. The van der Waals surface area contributed by atoms with Gasteiger partial charge in [-0.15, -0.1) is 0 Å². The van der Waals surface area contributed by atoms with Crippen LogP contribution in [-0.2, 0) is 9.53 Å². The number of aryl methyl sites for hydroxylation is 1. The van der Waals surface area contributed by atoms with Gasteiger partial charge in [-0.2, -0.15) is 0 Å². The van der Waals surface area contributed by atoms with Crippen LogP contribution in [0.3, 0.4) is 0 Å². The van der Waals surface area contributed by atoms with Gasteiger partial charge in [0.1, 0.15) is 25.0 Å². The van der Waals surface area contributed by atoms with Gasteiger partial charge >= 0.3 is 5.97 Å². The van der Waals surface area contributed by atoms with Crippen molar-refractivity contribution in [3.8, 4) is 5.75 Å². The molecule has 1 aliphatic heterocycles. The van der Waals surface area contributed by atoms with Crippen molar-refractivity contribution in [1.82, 2.24) is 4.90 Å². The zero-order valence-electron chi connectivity index (χ0n) is 14.6. The second kappa shape index (κ2) is 7.39. The molecule has 2 aromatic rings. The maximum atomic E-state index is 12.4. The average Bonchev–Trinajstić information content (AvgIpc) is 2.89. The number of fused-ring (bicyclic) bond motifs is 1. The summed E-state index contributed by atoms with van der Waals surface area (Å²) in [6.07, 6.45) is 0. The minimum absolute atomic E-state index is 0.0281. The number of esters is 1. The van der Waals surface area contributed by atoms with E-state index in [2.05, 4.69) is 0 Å². The summed E-state index contributed by atoms with van der Waals surface area (Å²) in [5.74, 6) is -0.918. The fourth-order valence-corrected chi connectivity index (χ4v) is 2.79. The van der Waals surface area contributed by atoms with E-state index in [1.807, 2.05) is 31.2 Å². The molecule has 134 valence electrons. The molecule has 6 nitrogen and oxygen atoms in total. The molecule has 1 aliphatic rings. The first-order chi connectivity index (χ1) is 12.5. The summed E-state index contributed by atoms with van der Waals surface area (Å²) in [4.78, 5) is 37.9. The molecular weight excluding hydrogens is 334 g/mol. The molecular formula is C20H19NO5. The fraction of sp³-hybridized carbons (Fsp3) is 0.250. The van der Waals surface area contributed by atoms with Crippen LogP contribution >= 0.6 is 0 Å². The van der Waals surface area contributed by atoms with Crippen molar-refractivity contribution in [2.75, 3.05) is 13.2 Å². The Morgan fingerprint density at radius 2 is 1.65 bits per heavy atom. The Hall–Kier alpha value is -3.15. The summed E-state index contributed by atoms with van der Waals surface area (Å²) in [6, 6.07) is 13.0. The average molecular weight is 353 g/mol. The van der Waals surface area contributed by atoms with Crippen molar-refractivity contribution in [3.63, 3.8) is 0 Å². The lowest BCUT2D eigenvalue weighted by molar-refractivity contribution is -0.148. The number of rotatable bonds is 6. The Labute approximate surface area is 151 Å². The van der Waals surface area contributed by atoms with Crippen LogP contribution < -0.4 is 4.74 Å². The van der Waals surface area contributed by atoms with Gasteiger partial charge in [-0.1, -0.05) is 24.3 Å². The Balaban J connectivity index is 1.54. The number of nitrogens with zero attached hydrogens (tertiary/aromatic N) is 1. The summed E-state index contributed by atoms with van der Waals surface area (Å²) in [7, 11) is 0. The van der Waals surface area contributed by atoms with Crippen LogP contribution in [0.5, 0.6) is 5.75 Å². The van der Waals surface area contributed by atoms with Gasteiger partial charge in [-0.3, -0.25) is 14.5 Å². The summed E-state index contributed by atoms with van der Waals surface area (Å²) in [5, 5.41) is 0. The lowest BCUT2D eigenvalue weighted by atomic mass is 10.1. The van der Waals surface area contributed by atoms with Crippen LogP contribution in [0.15, 0.2) is 48.5 Å². The van der Waals surface area contributed by atoms with E-state index in [-0.39, 0.29) is 13.2 Å². The first-order valence-electron chi connectivity index (χ1n) is 8.32. The van der Waals surface area contributed by atoms with E-state index in [1.54, 1.807) is 24.3 Å². The number of amides is 2. The number of imide groups is 1. The molecule has 3 rings (SSSR count). The molecule has 0 aromatic heterocycles. The van der Waals surface area contributed by atoms with Crippen LogP contribution in [0, 0.1) is 6.92 Å². The van der Waals surface area contributed by atoms with Crippen molar-refractivity contribution < 1.29 is 23.9 Å². The van der Waals surface area contributed by atoms with Gasteiger partial charge in [0.05, 0.1) is 11.1 Å². The Bertz CT molecular complexity index is 826. The van der Waals surface area contributed by atoms with Gasteiger partial charge < -0.3 is 9.47 Å². The Kier molecular flexibility index (Phi) is 5.02. The minimum atomic E-state index is -0.999. The van der Waals surface area contributed by atoms with E-state index in [9.17, 15) is 14.4 Å². The highest BCUT2D eigenvalue weighted by atomic mass is 16.6. The van der Waals surface area contributed by atoms with Gasteiger partial charge in [-0.25, -0.2) is 4.79 Å². The van der Waals surface area contributed by atoms with E-state index in [1.165, 1.54) is 6.92 Å². The monoisotopic (exact) mass is 353 g/mol. The van der Waals surface area contributed by atoms with E-state index < -0.39 is 23.8 Å². The highest BCUT2D eigenvalue weighted by Gasteiger charge is 2.41. The van der Waals surface area contributed by atoms with Crippen LogP contribution in [0.25, 0.3) is 0 Å². The summed E-state index contributed by atoms with van der Waals surface area (Å²) in [5.41, 5.74) is 1.68. The molecule has 1 atom stereocenters. The van der Waals surface area contributed by atoms with Crippen molar-refractivity contribution >= 4 is 17.8 Å². The van der Waals surface area contributed by atoms with Crippen LogP contribution in [0.2, 0.25) is 0 Å². The smallest absolute Gasteiger partial charge is 0.329 e. The first kappa shape index (κ1) is 17.7. The maximum Gasteiger partial charge on any atom is 0.329 e. The largest absolute Gasteiger partial charge is 0.490 e. The van der Waals surface area contributed by atoms with Crippen LogP contribution in [-0.4, -0.2) is 41.9 Å². The predicted octanol–water partition coefficient (Wildman–Crippen LogP) is 2.60. The van der Waals surface area contributed by atoms with Crippen LogP contribution in [0.1, 0.15) is 33.2 Å². The number of carbonyl (C=O) groups is 3. The number of hydrogen-bond donors (Lipinski definition) is 0. The molecule has 1 unspecified atom stereocenters. The molecule has 0 saturated carbocycles. The molecule has 1 heterocycles. The number of carbonyl (C=O) groups excluding carboxylic acids is 3. The minimum Gasteiger partial charge on any atom is -0.490 e. The van der Waals surface area contributed by atoms with Gasteiger partial charge in [0.2, 0.25) is 0 Å². The van der Waals surface area contributed by atoms with Crippen molar-refractivity contribution in [1.29, 1.82) is 0 Å². The zero-order valence-corrected chi connectivity index (χ0v) is 14.6. The third kappa shape index (κ3) is 3.44. The van der Waals surface area contributed by atoms with E-state index in [4.69, 9.17) is 9.47 Å². The zero-order chi connectivity index (χ0) is 18.7. The fourth-order valence-electron chi connectivity index (χ4n) is 2.79. The predicted molar refractivity (Wildman–Crippen MR) is 94.0 cm³/mol. The lowest BCUT2D eigenvalue weighted by Crippen LogP contribution is -2.44. The topological polar surface area (TPSA) is 72.9 Å². The summed E-state index contributed by atoms with van der Waals surface area (Å²) in [6.45, 7) is 3.65.